The Kier molecular flexibility index (Phi) is 10.1. The van der Waals surface area contributed by atoms with Crippen molar-refractivity contribution in [1.29, 1.82) is 0 Å². The Labute approximate surface area is 125 Å². The zero-order chi connectivity index (χ0) is 14.2. The number of hydrogen-bond donors (Lipinski definition) is 0. The van der Waals surface area contributed by atoms with Gasteiger partial charge < -0.3 is 0 Å². The van der Waals surface area contributed by atoms with Gasteiger partial charge in [0.1, 0.15) is 0 Å². The zero-order valence-electron chi connectivity index (χ0n) is 12.9. The molecule has 0 rings (SSSR count). The Bertz CT molecular complexity index is 203. The van der Waals surface area contributed by atoms with E-state index in [0.29, 0.717) is 0 Å². The van der Waals surface area contributed by atoms with Gasteiger partial charge in [0.25, 0.3) is 6.69 Å². The molecular weight excluding hydrogens is 279 g/mol. The standard InChI is InChI=1S/C15H32Cl2Si/c1-13(2)7-6-8-15(5)10-12-18(16,17)11-9-14(3)4/h13-15H,6-12H2,1-5H3/t15-/m0/s1. The van der Waals surface area contributed by atoms with Crippen LogP contribution in [-0.2, 0) is 0 Å². The highest BCUT2D eigenvalue weighted by Gasteiger charge is 2.28. The van der Waals surface area contributed by atoms with Crippen molar-refractivity contribution < 1.29 is 0 Å². The second kappa shape index (κ2) is 9.66. The van der Waals surface area contributed by atoms with Gasteiger partial charge in [0.15, 0.2) is 0 Å². The minimum atomic E-state index is -1.95. The highest BCUT2D eigenvalue weighted by atomic mass is 35.7. The number of halogens is 2. The lowest BCUT2D eigenvalue weighted by Gasteiger charge is -2.20. The molecule has 110 valence electrons. The smallest absolute Gasteiger partial charge is 0.146 e. The Morgan fingerprint density at radius 2 is 1.22 bits per heavy atom. The predicted octanol–water partition coefficient (Wildman–Crippen LogP) is 6.80. The van der Waals surface area contributed by atoms with Crippen LogP contribution in [0.15, 0.2) is 0 Å². The van der Waals surface area contributed by atoms with Crippen LogP contribution in [0.3, 0.4) is 0 Å². The average molecular weight is 311 g/mol. The summed E-state index contributed by atoms with van der Waals surface area (Å²) >= 11 is 13.0. The molecule has 0 fully saturated rings. The second-order valence-electron chi connectivity index (χ2n) is 6.76. The molecule has 0 amide bonds. The Morgan fingerprint density at radius 3 is 1.72 bits per heavy atom. The molecule has 0 nitrogen and oxygen atoms in total. The second-order valence-corrected chi connectivity index (χ2v) is 14.4. The third-order valence-corrected chi connectivity index (χ3v) is 7.88. The van der Waals surface area contributed by atoms with Crippen LogP contribution in [0, 0.1) is 17.8 Å². The van der Waals surface area contributed by atoms with E-state index in [1.54, 1.807) is 0 Å². The maximum atomic E-state index is 6.51. The van der Waals surface area contributed by atoms with Crippen LogP contribution in [-0.4, -0.2) is 6.69 Å². The van der Waals surface area contributed by atoms with Gasteiger partial charge in [0.05, 0.1) is 0 Å². The van der Waals surface area contributed by atoms with E-state index in [1.165, 1.54) is 32.1 Å². The van der Waals surface area contributed by atoms with Gasteiger partial charge in [-0.2, -0.15) is 0 Å². The summed E-state index contributed by atoms with van der Waals surface area (Å²) in [6.07, 6.45) is 6.43. The fraction of sp³-hybridized carbons (Fsp3) is 1.00. The SMILES string of the molecule is CC(C)CCC[C@H](C)CC[Si](Cl)(Cl)CCC(C)C. The Balaban J connectivity index is 3.71. The molecule has 0 aromatic carbocycles. The third kappa shape index (κ3) is 11.9. The van der Waals surface area contributed by atoms with Gasteiger partial charge in [-0.05, 0) is 29.8 Å². The van der Waals surface area contributed by atoms with Crippen LogP contribution in [0.25, 0.3) is 0 Å². The highest BCUT2D eigenvalue weighted by Crippen LogP contribution is 2.32. The van der Waals surface area contributed by atoms with Crippen molar-refractivity contribution in [1.82, 2.24) is 0 Å². The van der Waals surface area contributed by atoms with Gasteiger partial charge in [-0.25, -0.2) is 0 Å². The first-order valence-corrected chi connectivity index (χ1v) is 12.0. The molecule has 0 bridgehead atoms. The lowest BCUT2D eigenvalue weighted by Crippen LogP contribution is -2.20. The van der Waals surface area contributed by atoms with E-state index in [-0.39, 0.29) is 0 Å². The third-order valence-electron chi connectivity index (χ3n) is 3.57. The molecule has 0 heterocycles. The van der Waals surface area contributed by atoms with Gasteiger partial charge in [0.2, 0.25) is 0 Å². The molecule has 0 N–H and O–H groups in total. The van der Waals surface area contributed by atoms with Gasteiger partial charge in [-0.3, -0.25) is 0 Å². The van der Waals surface area contributed by atoms with Crippen LogP contribution in [0.1, 0.15) is 66.7 Å². The molecule has 1 atom stereocenters. The molecule has 0 spiro atoms. The van der Waals surface area contributed by atoms with Gasteiger partial charge >= 0.3 is 0 Å². The highest BCUT2D eigenvalue weighted by molar-refractivity contribution is 7.45. The summed E-state index contributed by atoms with van der Waals surface area (Å²) in [5.74, 6) is 2.34. The molecule has 0 unspecified atom stereocenters. The van der Waals surface area contributed by atoms with Crippen molar-refractivity contribution in [3.05, 3.63) is 0 Å². The van der Waals surface area contributed by atoms with E-state index < -0.39 is 6.69 Å². The fourth-order valence-electron chi connectivity index (χ4n) is 2.10. The van der Waals surface area contributed by atoms with E-state index >= 15 is 0 Å². The normalized spacial score (nSPS) is 14.5. The summed E-state index contributed by atoms with van der Waals surface area (Å²) in [6.45, 7) is 9.48. The van der Waals surface area contributed by atoms with Crippen molar-refractivity contribution >= 4 is 28.9 Å². The number of rotatable bonds is 10. The molecular formula is C15H32Cl2Si. The topological polar surface area (TPSA) is 0 Å². The summed E-state index contributed by atoms with van der Waals surface area (Å²) in [5.41, 5.74) is 0. The molecule has 0 aliphatic carbocycles. The largest absolute Gasteiger partial charge is 0.251 e. The Morgan fingerprint density at radius 1 is 0.722 bits per heavy atom. The predicted molar refractivity (Wildman–Crippen MR) is 89.0 cm³/mol. The van der Waals surface area contributed by atoms with Gasteiger partial charge in [-0.1, -0.05) is 66.7 Å². The van der Waals surface area contributed by atoms with Crippen molar-refractivity contribution in [2.75, 3.05) is 0 Å². The van der Waals surface area contributed by atoms with Crippen LogP contribution < -0.4 is 0 Å². The van der Waals surface area contributed by atoms with Crippen LogP contribution in [0.5, 0.6) is 0 Å². The first kappa shape index (κ1) is 18.8. The molecule has 0 aliphatic heterocycles. The van der Waals surface area contributed by atoms with Crippen molar-refractivity contribution in [3.63, 3.8) is 0 Å². The van der Waals surface area contributed by atoms with E-state index in [4.69, 9.17) is 22.2 Å². The monoisotopic (exact) mass is 310 g/mol. The molecule has 3 heteroatoms. The van der Waals surface area contributed by atoms with E-state index in [1.807, 2.05) is 0 Å². The van der Waals surface area contributed by atoms with E-state index in [9.17, 15) is 0 Å². The Hall–Kier alpha value is 0.797. The lowest BCUT2D eigenvalue weighted by molar-refractivity contribution is 0.448. The summed E-state index contributed by atoms with van der Waals surface area (Å²) in [7, 11) is 0. The van der Waals surface area contributed by atoms with Crippen LogP contribution in [0.4, 0.5) is 0 Å². The maximum Gasteiger partial charge on any atom is 0.251 e. The lowest BCUT2D eigenvalue weighted by atomic mass is 9.98. The summed E-state index contributed by atoms with van der Waals surface area (Å²) in [4.78, 5) is 0. The summed E-state index contributed by atoms with van der Waals surface area (Å²) in [6, 6.07) is 2.14. The first-order chi connectivity index (χ1) is 8.23. The summed E-state index contributed by atoms with van der Waals surface area (Å²) in [5, 5.41) is 0. The van der Waals surface area contributed by atoms with Crippen molar-refractivity contribution in [2.24, 2.45) is 17.8 Å². The van der Waals surface area contributed by atoms with E-state index in [0.717, 1.165) is 29.8 Å². The first-order valence-electron chi connectivity index (χ1n) is 7.60. The molecule has 0 aromatic rings. The van der Waals surface area contributed by atoms with Crippen molar-refractivity contribution in [3.8, 4) is 0 Å². The average Bonchev–Trinajstić information content (AvgIpc) is 2.24. The molecule has 18 heavy (non-hydrogen) atoms. The van der Waals surface area contributed by atoms with Crippen LogP contribution in [0.2, 0.25) is 12.1 Å². The molecule has 0 saturated carbocycles. The maximum absolute atomic E-state index is 6.51. The van der Waals surface area contributed by atoms with E-state index in [2.05, 4.69) is 34.6 Å². The molecule has 0 aromatic heterocycles. The quantitative estimate of drug-likeness (QED) is 0.307. The molecule has 0 aliphatic rings. The van der Waals surface area contributed by atoms with Crippen LogP contribution >= 0.6 is 22.2 Å². The van der Waals surface area contributed by atoms with Crippen molar-refractivity contribution in [2.45, 2.75) is 78.8 Å². The minimum Gasteiger partial charge on any atom is -0.146 e. The zero-order valence-corrected chi connectivity index (χ0v) is 15.4. The van der Waals surface area contributed by atoms with Gasteiger partial charge in [0, 0.05) is 0 Å². The van der Waals surface area contributed by atoms with Gasteiger partial charge in [-0.15, -0.1) is 22.2 Å². The molecule has 0 radical (unpaired) electrons. The minimum absolute atomic E-state index is 0.720. The fourth-order valence-corrected chi connectivity index (χ4v) is 5.58. The molecule has 0 saturated heterocycles. The summed E-state index contributed by atoms with van der Waals surface area (Å²) < 4.78 is 0. The number of hydrogen-bond acceptors (Lipinski definition) is 0.